The molecule has 0 bridgehead atoms. The Balaban J connectivity index is 2.25. The van der Waals surface area contributed by atoms with Gasteiger partial charge in [-0.25, -0.2) is 4.98 Å². The van der Waals surface area contributed by atoms with Gasteiger partial charge in [-0.05, 0) is 6.07 Å². The Bertz CT molecular complexity index is 550. The lowest BCUT2D eigenvalue weighted by Crippen LogP contribution is -2.41. The molecule has 0 aromatic carbocycles. The van der Waals surface area contributed by atoms with Crippen LogP contribution in [0.1, 0.15) is 0 Å². The Kier molecular flexibility index (Phi) is 3.70. The Hall–Kier alpha value is -2.42. The van der Waals surface area contributed by atoms with Crippen molar-refractivity contribution >= 4 is 23.3 Å². The van der Waals surface area contributed by atoms with Crippen molar-refractivity contribution in [3.8, 4) is 0 Å². The molecule has 9 nitrogen and oxygen atoms in total. The van der Waals surface area contributed by atoms with Crippen LogP contribution in [-0.2, 0) is 9.53 Å². The summed E-state index contributed by atoms with van der Waals surface area (Å²) >= 11 is 0. The van der Waals surface area contributed by atoms with Crippen LogP contribution in [0.15, 0.2) is 12.1 Å². The van der Waals surface area contributed by atoms with Crippen molar-refractivity contribution < 1.29 is 19.6 Å². The molecule has 0 radical (unpaired) electrons. The molecule has 1 aromatic rings. The van der Waals surface area contributed by atoms with Gasteiger partial charge in [-0.3, -0.25) is 14.9 Å². The number of carbonyl (C=O) groups is 1. The van der Waals surface area contributed by atoms with E-state index in [-0.39, 0.29) is 30.8 Å². The molecule has 1 saturated heterocycles. The zero-order chi connectivity index (χ0) is 14.9. The number of rotatable bonds is 4. The van der Waals surface area contributed by atoms with Crippen molar-refractivity contribution in [1.29, 1.82) is 0 Å². The average Bonchev–Trinajstić information content (AvgIpc) is 2.86. The van der Waals surface area contributed by atoms with E-state index in [0.717, 1.165) is 0 Å². The lowest BCUT2D eigenvalue weighted by Gasteiger charge is -2.27. The van der Waals surface area contributed by atoms with E-state index < -0.39 is 16.8 Å². The Morgan fingerprint density at radius 1 is 1.60 bits per heavy atom. The van der Waals surface area contributed by atoms with Gasteiger partial charge in [0.05, 0.1) is 24.2 Å². The minimum Gasteiger partial charge on any atom is -0.481 e. The second-order valence-corrected chi connectivity index (χ2v) is 4.49. The maximum absolute atomic E-state index is 11.1. The minimum absolute atomic E-state index is 0.132. The van der Waals surface area contributed by atoms with Crippen molar-refractivity contribution in [2.75, 3.05) is 30.9 Å². The number of nitrogens with two attached hydrogens (primary N) is 1. The van der Waals surface area contributed by atoms with E-state index in [1.807, 2.05) is 0 Å². The number of nitrogens with zero attached hydrogens (tertiary/aromatic N) is 3. The van der Waals surface area contributed by atoms with Gasteiger partial charge in [0.15, 0.2) is 0 Å². The quantitative estimate of drug-likeness (QED) is 0.587. The van der Waals surface area contributed by atoms with E-state index >= 15 is 0 Å². The molecule has 1 fully saturated rings. The highest BCUT2D eigenvalue weighted by Gasteiger charge is 2.37. The second kappa shape index (κ2) is 5.29. The first-order valence-corrected chi connectivity index (χ1v) is 5.86. The molecular formula is C11H14N4O5. The lowest BCUT2D eigenvalue weighted by molar-refractivity contribution is -0.384. The van der Waals surface area contributed by atoms with Crippen LogP contribution in [0.2, 0.25) is 0 Å². The molecule has 1 aliphatic heterocycles. The zero-order valence-electron chi connectivity index (χ0n) is 10.7. The van der Waals surface area contributed by atoms with Crippen molar-refractivity contribution in [2.24, 2.45) is 5.92 Å². The fourth-order valence-electron chi connectivity index (χ4n) is 2.14. The largest absolute Gasteiger partial charge is 0.481 e. The molecule has 108 valence electrons. The first-order chi connectivity index (χ1) is 9.41. The lowest BCUT2D eigenvalue weighted by atomic mass is 10.0. The highest BCUT2D eigenvalue weighted by atomic mass is 16.6. The topological polar surface area (TPSA) is 132 Å². The molecule has 2 atom stereocenters. The number of nitrogen functional groups attached to an aromatic ring is 1. The van der Waals surface area contributed by atoms with E-state index in [4.69, 9.17) is 15.6 Å². The van der Waals surface area contributed by atoms with Gasteiger partial charge in [0, 0.05) is 13.1 Å². The summed E-state index contributed by atoms with van der Waals surface area (Å²) in [5.41, 5.74) is 5.25. The van der Waals surface area contributed by atoms with Gasteiger partial charge in [0.1, 0.15) is 11.7 Å². The van der Waals surface area contributed by atoms with E-state index in [0.29, 0.717) is 5.82 Å². The van der Waals surface area contributed by atoms with Gasteiger partial charge in [0.25, 0.3) is 0 Å². The number of anilines is 2. The smallest absolute Gasteiger partial charge is 0.311 e. The maximum Gasteiger partial charge on any atom is 0.311 e. The predicted molar refractivity (Wildman–Crippen MR) is 69.4 cm³/mol. The number of carboxylic acids is 1. The van der Waals surface area contributed by atoms with Crippen LogP contribution in [0.5, 0.6) is 0 Å². The summed E-state index contributed by atoms with van der Waals surface area (Å²) in [6.45, 7) is 0.388. The fourth-order valence-corrected chi connectivity index (χ4v) is 2.14. The molecule has 0 amide bonds. The van der Waals surface area contributed by atoms with Crippen molar-refractivity contribution in [2.45, 2.75) is 6.04 Å². The van der Waals surface area contributed by atoms with Gasteiger partial charge >= 0.3 is 11.7 Å². The van der Waals surface area contributed by atoms with E-state index in [1.54, 1.807) is 11.9 Å². The number of hydrogen-bond donors (Lipinski definition) is 2. The number of pyridine rings is 1. The summed E-state index contributed by atoms with van der Waals surface area (Å²) in [5, 5.41) is 19.8. The second-order valence-electron chi connectivity index (χ2n) is 4.49. The van der Waals surface area contributed by atoms with Crippen LogP contribution in [0.3, 0.4) is 0 Å². The SMILES string of the molecule is CN(c1ccc([N+](=O)[O-])c(N)n1)C1COCC1C(=O)O. The third-order valence-corrected chi connectivity index (χ3v) is 3.31. The van der Waals surface area contributed by atoms with Crippen LogP contribution in [0.4, 0.5) is 17.3 Å². The predicted octanol–water partition coefficient (Wildman–Crippen LogP) is 0.108. The number of hydrogen-bond acceptors (Lipinski definition) is 7. The summed E-state index contributed by atoms with van der Waals surface area (Å²) in [6, 6.07) is 2.30. The van der Waals surface area contributed by atoms with Gasteiger partial charge in [0.2, 0.25) is 5.82 Å². The molecule has 0 spiro atoms. The minimum atomic E-state index is -0.950. The van der Waals surface area contributed by atoms with E-state index in [1.165, 1.54) is 12.1 Å². The van der Waals surface area contributed by atoms with E-state index in [9.17, 15) is 14.9 Å². The van der Waals surface area contributed by atoms with Crippen molar-refractivity contribution in [1.82, 2.24) is 4.98 Å². The molecular weight excluding hydrogens is 268 g/mol. The van der Waals surface area contributed by atoms with Crippen molar-refractivity contribution in [3.05, 3.63) is 22.2 Å². The molecule has 3 N–H and O–H groups in total. The summed E-state index contributed by atoms with van der Waals surface area (Å²) in [6.07, 6.45) is 0. The Morgan fingerprint density at radius 3 is 2.85 bits per heavy atom. The first kappa shape index (κ1) is 14.0. The third-order valence-electron chi connectivity index (χ3n) is 3.31. The molecule has 0 saturated carbocycles. The van der Waals surface area contributed by atoms with Crippen LogP contribution in [-0.4, -0.2) is 47.3 Å². The third kappa shape index (κ3) is 2.48. The van der Waals surface area contributed by atoms with Crippen LogP contribution >= 0.6 is 0 Å². The van der Waals surface area contributed by atoms with Crippen LogP contribution in [0, 0.1) is 16.0 Å². The molecule has 9 heteroatoms. The van der Waals surface area contributed by atoms with Gasteiger partial charge in [-0.2, -0.15) is 0 Å². The zero-order valence-corrected chi connectivity index (χ0v) is 10.7. The normalized spacial score (nSPS) is 21.6. The standard InChI is InChI=1S/C11H14N4O5/c1-14(8-5-20-4-6(8)11(16)17)9-3-2-7(15(18)19)10(12)13-9/h2-3,6,8H,4-5H2,1H3,(H2,12,13)(H,16,17). The molecule has 2 rings (SSSR count). The maximum atomic E-state index is 11.1. The summed E-state index contributed by atoms with van der Waals surface area (Å²) in [7, 11) is 1.66. The summed E-state index contributed by atoms with van der Waals surface area (Å²) in [4.78, 5) is 26.7. The molecule has 2 unspecified atom stereocenters. The molecule has 20 heavy (non-hydrogen) atoms. The number of carboxylic acid groups (broad SMARTS) is 1. The van der Waals surface area contributed by atoms with Crippen molar-refractivity contribution in [3.63, 3.8) is 0 Å². The molecule has 1 aliphatic rings. The number of ether oxygens (including phenoxy) is 1. The highest BCUT2D eigenvalue weighted by Crippen LogP contribution is 2.27. The van der Waals surface area contributed by atoms with Crippen LogP contribution < -0.4 is 10.6 Å². The van der Waals surface area contributed by atoms with Gasteiger partial charge in [-0.1, -0.05) is 0 Å². The van der Waals surface area contributed by atoms with E-state index in [2.05, 4.69) is 4.98 Å². The fraction of sp³-hybridized carbons (Fsp3) is 0.455. The highest BCUT2D eigenvalue weighted by molar-refractivity contribution is 5.72. The summed E-state index contributed by atoms with van der Waals surface area (Å²) in [5.74, 6) is -1.45. The molecule has 2 heterocycles. The number of likely N-dealkylation sites (N-methyl/N-ethyl adjacent to an activating group) is 1. The van der Waals surface area contributed by atoms with Gasteiger partial charge < -0.3 is 20.5 Å². The average molecular weight is 282 g/mol. The van der Waals surface area contributed by atoms with Gasteiger partial charge in [-0.15, -0.1) is 0 Å². The molecule has 0 aliphatic carbocycles. The molecule has 1 aromatic heterocycles. The summed E-state index contributed by atoms with van der Waals surface area (Å²) < 4.78 is 5.18. The Morgan fingerprint density at radius 2 is 2.30 bits per heavy atom. The number of nitro groups is 1. The first-order valence-electron chi connectivity index (χ1n) is 5.86. The number of aliphatic carboxylic acids is 1. The number of aromatic nitrogens is 1. The Labute approximate surface area is 114 Å². The van der Waals surface area contributed by atoms with Crippen LogP contribution in [0.25, 0.3) is 0 Å². The monoisotopic (exact) mass is 282 g/mol.